The molecule has 0 aromatic heterocycles. The van der Waals surface area contributed by atoms with Crippen molar-refractivity contribution in [2.45, 2.75) is 31.6 Å². The van der Waals surface area contributed by atoms with Crippen LogP contribution < -0.4 is 0 Å². The highest BCUT2D eigenvalue weighted by atomic mass is 32.2. The summed E-state index contributed by atoms with van der Waals surface area (Å²) in [5, 5.41) is 8.76. The molecule has 1 atom stereocenters. The molecule has 1 rings (SSSR count). The molecule has 0 aliphatic rings. The van der Waals surface area contributed by atoms with Gasteiger partial charge in [0, 0.05) is 10.6 Å². The molecule has 0 fully saturated rings. The zero-order valence-corrected chi connectivity index (χ0v) is 10.6. The van der Waals surface area contributed by atoms with Crippen LogP contribution in [0.25, 0.3) is 0 Å². The van der Waals surface area contributed by atoms with Crippen molar-refractivity contribution < 1.29 is 9.90 Å². The molecule has 0 heterocycles. The maximum absolute atomic E-state index is 10.7. The van der Waals surface area contributed by atoms with Gasteiger partial charge in [-0.1, -0.05) is 26.7 Å². The third-order valence-corrected chi connectivity index (χ3v) is 3.76. The number of benzene rings is 1. The molecule has 1 aromatic carbocycles. The Morgan fingerprint density at radius 1 is 1.38 bits per heavy atom. The normalized spacial score (nSPS) is 12.4. The standard InChI is InChI=1S/C13H18O2S/c1-3-4-10(2)9-16-12-7-5-11(6-8-12)13(14)15/h5-8,10H,3-4,9H2,1-2H3,(H,14,15). The van der Waals surface area contributed by atoms with Crippen LogP contribution >= 0.6 is 11.8 Å². The van der Waals surface area contributed by atoms with Crippen LogP contribution in [-0.2, 0) is 0 Å². The maximum atomic E-state index is 10.7. The first-order chi connectivity index (χ1) is 7.63. The van der Waals surface area contributed by atoms with Gasteiger partial charge >= 0.3 is 5.97 Å². The van der Waals surface area contributed by atoms with E-state index in [4.69, 9.17) is 5.11 Å². The third kappa shape index (κ3) is 4.27. The van der Waals surface area contributed by atoms with E-state index in [0.717, 1.165) is 10.6 Å². The Bertz CT molecular complexity index is 332. The number of carboxylic acid groups (broad SMARTS) is 1. The highest BCUT2D eigenvalue weighted by Gasteiger charge is 2.04. The van der Waals surface area contributed by atoms with Gasteiger partial charge in [0.25, 0.3) is 0 Å². The van der Waals surface area contributed by atoms with E-state index in [9.17, 15) is 4.79 Å². The van der Waals surface area contributed by atoms with Gasteiger partial charge in [-0.3, -0.25) is 0 Å². The Kier molecular flexibility index (Phi) is 5.39. The van der Waals surface area contributed by atoms with Crippen LogP contribution in [0.4, 0.5) is 0 Å². The lowest BCUT2D eigenvalue weighted by Gasteiger charge is -2.09. The fourth-order valence-electron chi connectivity index (χ4n) is 1.51. The molecule has 1 unspecified atom stereocenters. The minimum atomic E-state index is -0.865. The molecule has 2 nitrogen and oxygen atoms in total. The zero-order valence-electron chi connectivity index (χ0n) is 9.77. The van der Waals surface area contributed by atoms with E-state index in [2.05, 4.69) is 13.8 Å². The summed E-state index contributed by atoms with van der Waals surface area (Å²) in [6.07, 6.45) is 2.47. The molecule has 0 aliphatic carbocycles. The molecule has 1 aromatic rings. The molecule has 0 saturated heterocycles. The fourth-order valence-corrected chi connectivity index (χ4v) is 2.48. The molecule has 1 N–H and O–H groups in total. The molecule has 0 aliphatic heterocycles. The zero-order chi connectivity index (χ0) is 12.0. The van der Waals surface area contributed by atoms with Crippen molar-refractivity contribution in [3.63, 3.8) is 0 Å². The van der Waals surface area contributed by atoms with Crippen molar-refractivity contribution in [2.24, 2.45) is 5.92 Å². The van der Waals surface area contributed by atoms with Crippen LogP contribution in [-0.4, -0.2) is 16.8 Å². The number of hydrogen-bond donors (Lipinski definition) is 1. The maximum Gasteiger partial charge on any atom is 0.335 e. The van der Waals surface area contributed by atoms with Gasteiger partial charge in [-0.15, -0.1) is 11.8 Å². The number of carbonyl (C=O) groups is 1. The van der Waals surface area contributed by atoms with Crippen molar-refractivity contribution in [3.05, 3.63) is 29.8 Å². The lowest BCUT2D eigenvalue weighted by Crippen LogP contribution is -1.97. The molecule has 16 heavy (non-hydrogen) atoms. The van der Waals surface area contributed by atoms with Gasteiger partial charge in [0.2, 0.25) is 0 Å². The largest absolute Gasteiger partial charge is 0.478 e. The number of aromatic carboxylic acids is 1. The van der Waals surface area contributed by atoms with Gasteiger partial charge < -0.3 is 5.11 Å². The summed E-state index contributed by atoms with van der Waals surface area (Å²) in [7, 11) is 0. The smallest absolute Gasteiger partial charge is 0.335 e. The molecule has 0 bridgehead atoms. The Morgan fingerprint density at radius 3 is 2.50 bits per heavy atom. The first kappa shape index (κ1) is 13.1. The van der Waals surface area contributed by atoms with Crippen LogP contribution in [0.15, 0.2) is 29.2 Å². The van der Waals surface area contributed by atoms with Crippen molar-refractivity contribution in [1.29, 1.82) is 0 Å². The predicted octanol–water partition coefficient (Wildman–Crippen LogP) is 3.91. The summed E-state index contributed by atoms with van der Waals surface area (Å²) in [6.45, 7) is 4.45. The summed E-state index contributed by atoms with van der Waals surface area (Å²) in [6, 6.07) is 7.09. The summed E-state index contributed by atoms with van der Waals surface area (Å²) in [5.74, 6) is 0.949. The Labute approximate surface area is 101 Å². The molecule has 0 amide bonds. The minimum absolute atomic E-state index is 0.353. The Morgan fingerprint density at radius 2 is 2.00 bits per heavy atom. The summed E-state index contributed by atoms with van der Waals surface area (Å²) < 4.78 is 0. The van der Waals surface area contributed by atoms with Crippen molar-refractivity contribution >= 4 is 17.7 Å². The average molecular weight is 238 g/mol. The summed E-state index contributed by atoms with van der Waals surface area (Å²) >= 11 is 1.80. The minimum Gasteiger partial charge on any atom is -0.478 e. The van der Waals surface area contributed by atoms with Gasteiger partial charge in [0.1, 0.15) is 0 Å². The molecule has 0 radical (unpaired) electrons. The highest BCUT2D eigenvalue weighted by molar-refractivity contribution is 7.99. The van der Waals surface area contributed by atoms with Gasteiger partial charge in [-0.2, -0.15) is 0 Å². The molecule has 0 spiro atoms. The van der Waals surface area contributed by atoms with Gasteiger partial charge in [-0.25, -0.2) is 4.79 Å². The molecule has 0 saturated carbocycles. The van der Waals surface area contributed by atoms with E-state index in [1.54, 1.807) is 23.9 Å². The quantitative estimate of drug-likeness (QED) is 0.763. The van der Waals surface area contributed by atoms with Crippen molar-refractivity contribution in [2.75, 3.05) is 5.75 Å². The van der Waals surface area contributed by atoms with E-state index in [1.165, 1.54) is 12.8 Å². The summed E-state index contributed by atoms with van der Waals surface area (Å²) in [5.41, 5.74) is 0.353. The molecule has 3 heteroatoms. The van der Waals surface area contributed by atoms with Crippen molar-refractivity contribution in [1.82, 2.24) is 0 Å². The van der Waals surface area contributed by atoms with E-state index in [1.807, 2.05) is 12.1 Å². The van der Waals surface area contributed by atoms with Crippen LogP contribution in [0.5, 0.6) is 0 Å². The van der Waals surface area contributed by atoms with Crippen LogP contribution in [0.1, 0.15) is 37.0 Å². The number of hydrogen-bond acceptors (Lipinski definition) is 2. The topological polar surface area (TPSA) is 37.3 Å². The number of rotatable bonds is 6. The Hall–Kier alpha value is -0.960. The first-order valence-corrected chi connectivity index (χ1v) is 6.58. The van der Waals surface area contributed by atoms with Gasteiger partial charge in [-0.05, 0) is 30.2 Å². The molecule has 88 valence electrons. The second-order valence-corrected chi connectivity index (χ2v) is 5.13. The summed E-state index contributed by atoms with van der Waals surface area (Å²) in [4.78, 5) is 11.8. The SMILES string of the molecule is CCCC(C)CSc1ccc(C(=O)O)cc1. The second kappa shape index (κ2) is 6.59. The molecular weight excluding hydrogens is 220 g/mol. The van der Waals surface area contributed by atoms with E-state index in [0.29, 0.717) is 11.5 Å². The molecular formula is C13H18O2S. The van der Waals surface area contributed by atoms with Gasteiger partial charge in [0.15, 0.2) is 0 Å². The van der Waals surface area contributed by atoms with Gasteiger partial charge in [0.05, 0.1) is 5.56 Å². The highest BCUT2D eigenvalue weighted by Crippen LogP contribution is 2.22. The van der Waals surface area contributed by atoms with Crippen molar-refractivity contribution in [3.8, 4) is 0 Å². The van der Waals surface area contributed by atoms with Crippen LogP contribution in [0.2, 0.25) is 0 Å². The Balaban J connectivity index is 2.46. The third-order valence-electron chi connectivity index (χ3n) is 2.42. The monoisotopic (exact) mass is 238 g/mol. The average Bonchev–Trinajstić information content (AvgIpc) is 2.27. The van der Waals surface area contributed by atoms with E-state index >= 15 is 0 Å². The van der Waals surface area contributed by atoms with E-state index in [-0.39, 0.29) is 0 Å². The lowest BCUT2D eigenvalue weighted by atomic mass is 10.1. The number of carboxylic acids is 1. The fraction of sp³-hybridized carbons (Fsp3) is 0.462. The van der Waals surface area contributed by atoms with Crippen LogP contribution in [0.3, 0.4) is 0 Å². The first-order valence-electron chi connectivity index (χ1n) is 5.59. The lowest BCUT2D eigenvalue weighted by molar-refractivity contribution is 0.0697. The second-order valence-electron chi connectivity index (χ2n) is 4.03. The van der Waals surface area contributed by atoms with Crippen LogP contribution in [0, 0.1) is 5.92 Å². The number of thioether (sulfide) groups is 1. The predicted molar refractivity (Wildman–Crippen MR) is 68.2 cm³/mol. The van der Waals surface area contributed by atoms with E-state index < -0.39 is 5.97 Å².